The van der Waals surface area contributed by atoms with E-state index in [4.69, 9.17) is 9.84 Å². The van der Waals surface area contributed by atoms with Gasteiger partial charge in [-0.3, -0.25) is 9.69 Å². The molecule has 0 aromatic heterocycles. The van der Waals surface area contributed by atoms with Gasteiger partial charge in [0.15, 0.2) is 11.5 Å². The second-order valence-electron chi connectivity index (χ2n) is 5.35. The van der Waals surface area contributed by atoms with Crippen LogP contribution in [0.4, 0.5) is 0 Å². The minimum Gasteiger partial charge on any atom is -0.504 e. The maximum Gasteiger partial charge on any atom is 0.308 e. The highest BCUT2D eigenvalue weighted by molar-refractivity contribution is 5.71. The minimum atomic E-state index is -0.722. The van der Waals surface area contributed by atoms with E-state index in [0.29, 0.717) is 25.4 Å². The molecule has 1 heterocycles. The second kappa shape index (κ2) is 6.13. The number of carboxylic acid groups (broad SMARTS) is 1. The van der Waals surface area contributed by atoms with Crippen LogP contribution in [0.25, 0.3) is 0 Å². The van der Waals surface area contributed by atoms with E-state index in [2.05, 4.69) is 4.90 Å². The van der Waals surface area contributed by atoms with E-state index in [-0.39, 0.29) is 17.6 Å². The van der Waals surface area contributed by atoms with Crippen molar-refractivity contribution in [1.82, 2.24) is 4.90 Å². The molecule has 1 saturated heterocycles. The Kier molecular flexibility index (Phi) is 4.49. The first-order chi connectivity index (χ1) is 9.51. The molecule has 0 bridgehead atoms. The molecule has 2 rings (SSSR count). The summed E-state index contributed by atoms with van der Waals surface area (Å²) in [5, 5.41) is 18.8. The molecular formula is C15H21NO4. The van der Waals surface area contributed by atoms with Gasteiger partial charge in [-0.15, -0.1) is 0 Å². The van der Waals surface area contributed by atoms with E-state index in [0.717, 1.165) is 12.1 Å². The van der Waals surface area contributed by atoms with E-state index in [9.17, 15) is 9.90 Å². The highest BCUT2D eigenvalue weighted by atomic mass is 16.5. The molecule has 1 fully saturated rings. The van der Waals surface area contributed by atoms with Crippen molar-refractivity contribution in [3.05, 3.63) is 23.8 Å². The van der Waals surface area contributed by atoms with Crippen LogP contribution in [0.3, 0.4) is 0 Å². The fraction of sp³-hybridized carbons (Fsp3) is 0.533. The summed E-state index contributed by atoms with van der Waals surface area (Å²) in [6.07, 6.45) is 0. The molecule has 0 aliphatic carbocycles. The Morgan fingerprint density at radius 2 is 2.20 bits per heavy atom. The maximum atomic E-state index is 11.1. The number of hydrogen-bond acceptors (Lipinski definition) is 4. The predicted molar refractivity (Wildman–Crippen MR) is 74.8 cm³/mol. The van der Waals surface area contributed by atoms with Crippen LogP contribution in [0, 0.1) is 11.8 Å². The molecule has 5 heteroatoms. The molecule has 1 aliphatic rings. The molecule has 0 spiro atoms. The Labute approximate surface area is 118 Å². The molecule has 1 aliphatic heterocycles. The Morgan fingerprint density at radius 3 is 2.80 bits per heavy atom. The highest BCUT2D eigenvalue weighted by Gasteiger charge is 2.34. The van der Waals surface area contributed by atoms with E-state index in [1.807, 2.05) is 26.0 Å². The van der Waals surface area contributed by atoms with Gasteiger partial charge in [-0.25, -0.2) is 0 Å². The fourth-order valence-electron chi connectivity index (χ4n) is 2.70. The Morgan fingerprint density at radius 1 is 1.45 bits per heavy atom. The number of aromatic hydroxyl groups is 1. The Bertz CT molecular complexity index is 489. The summed E-state index contributed by atoms with van der Waals surface area (Å²) in [4.78, 5) is 13.2. The molecule has 5 nitrogen and oxygen atoms in total. The van der Waals surface area contributed by atoms with Gasteiger partial charge in [0, 0.05) is 19.6 Å². The first-order valence-corrected chi connectivity index (χ1v) is 6.91. The van der Waals surface area contributed by atoms with Crippen molar-refractivity contribution in [3.8, 4) is 11.5 Å². The lowest BCUT2D eigenvalue weighted by atomic mass is 9.99. The number of benzene rings is 1. The van der Waals surface area contributed by atoms with Crippen molar-refractivity contribution in [2.75, 3.05) is 19.7 Å². The van der Waals surface area contributed by atoms with E-state index in [1.165, 1.54) is 0 Å². The van der Waals surface area contributed by atoms with Gasteiger partial charge in [0.25, 0.3) is 0 Å². The van der Waals surface area contributed by atoms with Crippen LogP contribution >= 0.6 is 0 Å². The van der Waals surface area contributed by atoms with E-state index >= 15 is 0 Å². The zero-order chi connectivity index (χ0) is 14.7. The summed E-state index contributed by atoms with van der Waals surface area (Å²) >= 11 is 0. The summed E-state index contributed by atoms with van der Waals surface area (Å²) < 4.78 is 5.36. The van der Waals surface area contributed by atoms with Crippen LogP contribution in [-0.2, 0) is 11.3 Å². The highest BCUT2D eigenvalue weighted by Crippen LogP contribution is 2.29. The molecule has 1 aromatic rings. The monoisotopic (exact) mass is 279 g/mol. The van der Waals surface area contributed by atoms with Crippen molar-refractivity contribution in [1.29, 1.82) is 0 Å². The number of aliphatic carboxylic acids is 1. The van der Waals surface area contributed by atoms with Crippen LogP contribution in [-0.4, -0.2) is 40.8 Å². The van der Waals surface area contributed by atoms with Gasteiger partial charge in [-0.1, -0.05) is 13.0 Å². The normalized spacial score (nSPS) is 22.9. The van der Waals surface area contributed by atoms with Crippen LogP contribution in [0.1, 0.15) is 19.4 Å². The Hall–Kier alpha value is -1.75. The third-order valence-electron chi connectivity index (χ3n) is 3.74. The lowest BCUT2D eigenvalue weighted by molar-refractivity contribution is -0.142. The van der Waals surface area contributed by atoms with Gasteiger partial charge in [0.2, 0.25) is 0 Å². The van der Waals surface area contributed by atoms with Gasteiger partial charge in [-0.2, -0.15) is 0 Å². The summed E-state index contributed by atoms with van der Waals surface area (Å²) in [6.45, 7) is 6.36. The molecule has 0 unspecified atom stereocenters. The topological polar surface area (TPSA) is 70.0 Å². The number of likely N-dealkylation sites (tertiary alicyclic amines) is 1. The van der Waals surface area contributed by atoms with Crippen molar-refractivity contribution in [3.63, 3.8) is 0 Å². The number of ether oxygens (including phenoxy) is 1. The number of hydrogen-bond donors (Lipinski definition) is 2. The standard InChI is InChI=1S/C15H21NO4/c1-3-20-14-6-11(4-5-13(14)17)8-16-7-10(2)12(9-16)15(18)19/h4-6,10,12,17H,3,7-9H2,1-2H3,(H,18,19)/t10-,12-/m1/s1. The third kappa shape index (κ3) is 3.22. The van der Waals surface area contributed by atoms with Crippen LogP contribution in [0.2, 0.25) is 0 Å². The van der Waals surface area contributed by atoms with Crippen molar-refractivity contribution >= 4 is 5.97 Å². The number of phenols is 1. The summed E-state index contributed by atoms with van der Waals surface area (Å²) in [5.74, 6) is -0.240. The van der Waals surface area contributed by atoms with Gasteiger partial charge < -0.3 is 14.9 Å². The minimum absolute atomic E-state index is 0.133. The zero-order valence-corrected chi connectivity index (χ0v) is 11.9. The quantitative estimate of drug-likeness (QED) is 0.862. The smallest absolute Gasteiger partial charge is 0.308 e. The first kappa shape index (κ1) is 14.7. The molecule has 1 aromatic carbocycles. The van der Waals surface area contributed by atoms with Crippen LogP contribution in [0.5, 0.6) is 11.5 Å². The van der Waals surface area contributed by atoms with Crippen molar-refractivity contribution < 1.29 is 19.7 Å². The lowest BCUT2D eigenvalue weighted by Gasteiger charge is -2.16. The number of carbonyl (C=O) groups is 1. The van der Waals surface area contributed by atoms with Crippen molar-refractivity contribution in [2.24, 2.45) is 11.8 Å². The Balaban J connectivity index is 2.04. The van der Waals surface area contributed by atoms with Crippen LogP contribution < -0.4 is 4.74 Å². The zero-order valence-electron chi connectivity index (χ0n) is 11.9. The number of nitrogens with zero attached hydrogens (tertiary/aromatic N) is 1. The summed E-state index contributed by atoms with van der Waals surface area (Å²) in [5.41, 5.74) is 1.02. The number of phenolic OH excluding ortho intramolecular Hbond substituents is 1. The molecule has 0 saturated carbocycles. The summed E-state index contributed by atoms with van der Waals surface area (Å²) in [7, 11) is 0. The predicted octanol–water partition coefficient (Wildman–Crippen LogP) is 1.94. The number of rotatable bonds is 5. The van der Waals surface area contributed by atoms with Gasteiger partial charge in [0.1, 0.15) is 0 Å². The molecule has 2 atom stereocenters. The average Bonchev–Trinajstić information content (AvgIpc) is 2.75. The average molecular weight is 279 g/mol. The largest absolute Gasteiger partial charge is 0.504 e. The maximum absolute atomic E-state index is 11.1. The molecule has 20 heavy (non-hydrogen) atoms. The summed E-state index contributed by atoms with van der Waals surface area (Å²) in [6, 6.07) is 5.28. The van der Waals surface area contributed by atoms with Gasteiger partial charge in [-0.05, 0) is 30.5 Å². The van der Waals surface area contributed by atoms with E-state index < -0.39 is 5.97 Å². The lowest BCUT2D eigenvalue weighted by Crippen LogP contribution is -2.23. The van der Waals surface area contributed by atoms with Crippen LogP contribution in [0.15, 0.2) is 18.2 Å². The van der Waals surface area contributed by atoms with Crippen molar-refractivity contribution in [2.45, 2.75) is 20.4 Å². The number of carboxylic acids is 1. The SMILES string of the molecule is CCOc1cc(CN2C[C@@H](C)[C@H](C(=O)O)C2)ccc1O. The van der Waals surface area contributed by atoms with Gasteiger partial charge >= 0.3 is 5.97 Å². The third-order valence-corrected chi connectivity index (χ3v) is 3.74. The fourth-order valence-corrected chi connectivity index (χ4v) is 2.70. The molecule has 2 N–H and O–H groups in total. The van der Waals surface area contributed by atoms with Gasteiger partial charge in [0.05, 0.1) is 12.5 Å². The molecule has 0 radical (unpaired) electrons. The first-order valence-electron chi connectivity index (χ1n) is 6.91. The molecular weight excluding hydrogens is 258 g/mol. The second-order valence-corrected chi connectivity index (χ2v) is 5.35. The molecule has 110 valence electrons. The van der Waals surface area contributed by atoms with E-state index in [1.54, 1.807) is 6.07 Å². The molecule has 0 amide bonds.